The predicted octanol–water partition coefficient (Wildman–Crippen LogP) is 4.96. The van der Waals surface area contributed by atoms with Crippen molar-refractivity contribution in [1.82, 2.24) is 4.90 Å². The van der Waals surface area contributed by atoms with Gasteiger partial charge in [0, 0.05) is 29.7 Å². The molecule has 1 aliphatic heterocycles. The minimum absolute atomic E-state index is 0.0190. The van der Waals surface area contributed by atoms with E-state index in [1.807, 2.05) is 18.2 Å². The number of rotatable bonds is 6. The van der Waals surface area contributed by atoms with Crippen molar-refractivity contribution in [2.45, 2.75) is 44.3 Å². The van der Waals surface area contributed by atoms with Crippen LogP contribution in [0, 0.1) is 0 Å². The third kappa shape index (κ3) is 3.60. The summed E-state index contributed by atoms with van der Waals surface area (Å²) in [6, 6.07) is 19.7. The van der Waals surface area contributed by atoms with Crippen LogP contribution >= 0.6 is 11.6 Å². The molecule has 1 fully saturated rings. The second kappa shape index (κ2) is 7.48. The van der Waals surface area contributed by atoms with Gasteiger partial charge < -0.3 is 5.73 Å². The maximum atomic E-state index is 6.57. The van der Waals surface area contributed by atoms with Gasteiger partial charge in [-0.1, -0.05) is 67.4 Å². The monoisotopic (exact) mass is 328 g/mol. The lowest BCUT2D eigenvalue weighted by Gasteiger charge is -2.49. The van der Waals surface area contributed by atoms with Crippen molar-refractivity contribution in [3.8, 4) is 0 Å². The molecule has 0 aromatic heterocycles. The summed E-state index contributed by atoms with van der Waals surface area (Å²) in [6.45, 7) is 3.38. The lowest BCUT2D eigenvalue weighted by atomic mass is 9.86. The first-order valence-corrected chi connectivity index (χ1v) is 8.90. The zero-order valence-electron chi connectivity index (χ0n) is 13.7. The number of hydrogen-bond donors (Lipinski definition) is 1. The van der Waals surface area contributed by atoms with Crippen LogP contribution in [-0.2, 0) is 0 Å². The fourth-order valence-electron chi connectivity index (χ4n) is 3.61. The Bertz CT molecular complexity index is 629. The van der Waals surface area contributed by atoms with Gasteiger partial charge in [0.15, 0.2) is 0 Å². The lowest BCUT2D eigenvalue weighted by molar-refractivity contribution is 0.0194. The zero-order chi connectivity index (χ0) is 16.2. The number of nitrogens with zero attached hydrogens (tertiary/aromatic N) is 1. The van der Waals surface area contributed by atoms with Gasteiger partial charge in [0.2, 0.25) is 0 Å². The largest absolute Gasteiger partial charge is 0.323 e. The lowest BCUT2D eigenvalue weighted by Crippen LogP contribution is -2.54. The van der Waals surface area contributed by atoms with E-state index in [-0.39, 0.29) is 6.04 Å². The molecule has 1 saturated heterocycles. The summed E-state index contributed by atoms with van der Waals surface area (Å²) in [4.78, 5) is 2.57. The molecule has 0 aliphatic carbocycles. The van der Waals surface area contributed by atoms with E-state index in [0.29, 0.717) is 12.1 Å². The number of hydrogen-bond acceptors (Lipinski definition) is 2. The molecule has 2 N–H and O–H groups in total. The van der Waals surface area contributed by atoms with Crippen molar-refractivity contribution in [2.24, 2.45) is 5.73 Å². The van der Waals surface area contributed by atoms with Crippen molar-refractivity contribution in [2.75, 3.05) is 6.54 Å². The molecule has 23 heavy (non-hydrogen) atoms. The molecule has 1 unspecified atom stereocenters. The quantitative estimate of drug-likeness (QED) is 0.812. The molecule has 1 heterocycles. The Labute approximate surface area is 144 Å². The van der Waals surface area contributed by atoms with Crippen LogP contribution in [0.3, 0.4) is 0 Å². The molecule has 3 heteroatoms. The second-order valence-corrected chi connectivity index (χ2v) is 6.83. The van der Waals surface area contributed by atoms with Gasteiger partial charge in [0.25, 0.3) is 0 Å². The van der Waals surface area contributed by atoms with E-state index in [4.69, 9.17) is 17.3 Å². The second-order valence-electron chi connectivity index (χ2n) is 6.39. The zero-order valence-corrected chi connectivity index (χ0v) is 14.4. The van der Waals surface area contributed by atoms with Crippen LogP contribution < -0.4 is 5.73 Å². The first-order valence-electron chi connectivity index (χ1n) is 8.52. The molecular formula is C20H25ClN2. The van der Waals surface area contributed by atoms with Crippen LogP contribution in [0.2, 0.25) is 5.02 Å². The highest BCUT2D eigenvalue weighted by Gasteiger charge is 2.38. The van der Waals surface area contributed by atoms with Crippen LogP contribution in [-0.4, -0.2) is 17.5 Å². The molecule has 3 atom stereocenters. The van der Waals surface area contributed by atoms with Gasteiger partial charge in [-0.05, 0) is 36.1 Å². The molecule has 2 nitrogen and oxygen atoms in total. The Morgan fingerprint density at radius 1 is 1.13 bits per heavy atom. The van der Waals surface area contributed by atoms with E-state index in [9.17, 15) is 0 Å². The molecule has 122 valence electrons. The fraction of sp³-hybridized carbons (Fsp3) is 0.400. The summed E-state index contributed by atoms with van der Waals surface area (Å²) in [5.74, 6) is 0. The summed E-state index contributed by atoms with van der Waals surface area (Å²) in [5.41, 5.74) is 9.11. The van der Waals surface area contributed by atoms with Crippen LogP contribution in [0.5, 0.6) is 0 Å². The standard InChI is InChI=1S/C20H25ClN2/c1-2-7-18(15-8-4-3-5-9-15)23-13-12-19(23)20(22)16-10-6-11-17(21)14-16/h3-6,8-11,14,18-20H,2,7,12-13,22H2,1H3/t18?,19-,20-/m0/s1. The maximum absolute atomic E-state index is 6.57. The normalized spacial score (nSPS) is 20.7. The van der Waals surface area contributed by atoms with Gasteiger partial charge in [-0.3, -0.25) is 4.90 Å². The molecule has 0 bridgehead atoms. The summed E-state index contributed by atoms with van der Waals surface area (Å²) in [6.07, 6.45) is 3.50. The van der Waals surface area contributed by atoms with E-state index in [1.165, 1.54) is 18.4 Å². The molecular weight excluding hydrogens is 304 g/mol. The van der Waals surface area contributed by atoms with Gasteiger partial charge in [-0.2, -0.15) is 0 Å². The summed E-state index contributed by atoms with van der Waals surface area (Å²) < 4.78 is 0. The number of halogens is 1. The minimum atomic E-state index is 0.0190. The fourth-order valence-corrected chi connectivity index (χ4v) is 3.81. The van der Waals surface area contributed by atoms with Crippen LogP contribution in [0.15, 0.2) is 54.6 Å². The highest BCUT2D eigenvalue weighted by Crippen LogP contribution is 2.38. The smallest absolute Gasteiger partial charge is 0.0454 e. The average Bonchev–Trinajstić information content (AvgIpc) is 2.54. The number of likely N-dealkylation sites (tertiary alicyclic amines) is 1. The first kappa shape index (κ1) is 16.5. The molecule has 1 aliphatic rings. The third-order valence-electron chi connectivity index (χ3n) is 4.90. The number of nitrogens with two attached hydrogens (primary N) is 1. The predicted molar refractivity (Wildman–Crippen MR) is 97.6 cm³/mol. The highest BCUT2D eigenvalue weighted by atomic mass is 35.5. The molecule has 0 saturated carbocycles. The highest BCUT2D eigenvalue weighted by molar-refractivity contribution is 6.30. The first-order chi connectivity index (χ1) is 11.2. The summed E-state index contributed by atoms with van der Waals surface area (Å²) >= 11 is 6.13. The molecule has 2 aromatic rings. The van der Waals surface area contributed by atoms with Gasteiger partial charge in [0.1, 0.15) is 0 Å². The summed E-state index contributed by atoms with van der Waals surface area (Å²) in [7, 11) is 0. The van der Waals surface area contributed by atoms with Crippen LogP contribution in [0.1, 0.15) is 49.4 Å². The van der Waals surface area contributed by atoms with Gasteiger partial charge in [-0.15, -0.1) is 0 Å². The summed E-state index contributed by atoms with van der Waals surface area (Å²) in [5, 5.41) is 0.761. The number of benzene rings is 2. The average molecular weight is 329 g/mol. The Kier molecular flexibility index (Phi) is 5.37. The third-order valence-corrected chi connectivity index (χ3v) is 5.14. The van der Waals surface area contributed by atoms with E-state index in [1.54, 1.807) is 0 Å². The molecule has 0 amide bonds. The van der Waals surface area contributed by atoms with E-state index < -0.39 is 0 Å². The van der Waals surface area contributed by atoms with Crippen molar-refractivity contribution < 1.29 is 0 Å². The van der Waals surface area contributed by atoms with Gasteiger partial charge >= 0.3 is 0 Å². The van der Waals surface area contributed by atoms with Gasteiger partial charge in [0.05, 0.1) is 0 Å². The topological polar surface area (TPSA) is 29.3 Å². The Balaban J connectivity index is 1.79. The van der Waals surface area contributed by atoms with Crippen molar-refractivity contribution >= 4 is 11.6 Å². The van der Waals surface area contributed by atoms with Crippen molar-refractivity contribution in [3.05, 3.63) is 70.7 Å². The Morgan fingerprint density at radius 3 is 2.48 bits per heavy atom. The van der Waals surface area contributed by atoms with E-state index >= 15 is 0 Å². The minimum Gasteiger partial charge on any atom is -0.323 e. The van der Waals surface area contributed by atoms with Crippen molar-refractivity contribution in [3.63, 3.8) is 0 Å². The van der Waals surface area contributed by atoms with E-state index in [2.05, 4.69) is 48.2 Å². The van der Waals surface area contributed by atoms with Crippen LogP contribution in [0.25, 0.3) is 0 Å². The Morgan fingerprint density at radius 2 is 1.87 bits per heavy atom. The SMILES string of the molecule is CCCC(c1ccccc1)N1CC[C@H]1[C@@H](N)c1cccc(Cl)c1. The van der Waals surface area contributed by atoms with Crippen molar-refractivity contribution in [1.29, 1.82) is 0 Å². The molecule has 0 radical (unpaired) electrons. The Hall–Kier alpha value is -1.35. The molecule has 2 aromatic carbocycles. The van der Waals surface area contributed by atoms with E-state index in [0.717, 1.165) is 23.6 Å². The molecule has 0 spiro atoms. The molecule has 3 rings (SSSR count). The van der Waals surface area contributed by atoms with Gasteiger partial charge in [-0.25, -0.2) is 0 Å². The maximum Gasteiger partial charge on any atom is 0.0454 e. The van der Waals surface area contributed by atoms with Crippen LogP contribution in [0.4, 0.5) is 0 Å².